The minimum Gasteiger partial charge on any atom is -0.497 e. The van der Waals surface area contributed by atoms with E-state index < -0.39 is 11.5 Å². The predicted molar refractivity (Wildman–Crippen MR) is 94.1 cm³/mol. The Labute approximate surface area is 144 Å². The van der Waals surface area contributed by atoms with Crippen molar-refractivity contribution in [3.63, 3.8) is 0 Å². The second-order valence-corrected chi connectivity index (χ2v) is 5.43. The van der Waals surface area contributed by atoms with Gasteiger partial charge in [0.25, 0.3) is 5.56 Å². The van der Waals surface area contributed by atoms with Gasteiger partial charge in [-0.25, -0.2) is 9.78 Å². The fourth-order valence-corrected chi connectivity index (χ4v) is 2.62. The van der Waals surface area contributed by atoms with Crippen molar-refractivity contribution in [2.45, 2.75) is 13.5 Å². The highest BCUT2D eigenvalue weighted by molar-refractivity contribution is 5.93. The number of methoxy groups -OCH3 is 1. The maximum absolute atomic E-state index is 12.8. The zero-order chi connectivity index (χ0) is 17.8. The first-order valence-electron chi connectivity index (χ1n) is 7.92. The summed E-state index contributed by atoms with van der Waals surface area (Å²) in [5.74, 6) is 0.112. The number of rotatable bonds is 5. The van der Waals surface area contributed by atoms with Gasteiger partial charge in [0.2, 0.25) is 0 Å². The number of carbonyl (C=O) groups excluding carboxylic acids is 1. The van der Waals surface area contributed by atoms with E-state index in [0.29, 0.717) is 17.6 Å². The summed E-state index contributed by atoms with van der Waals surface area (Å²) in [4.78, 5) is 29.3. The van der Waals surface area contributed by atoms with Crippen molar-refractivity contribution >= 4 is 17.0 Å². The van der Waals surface area contributed by atoms with Crippen molar-refractivity contribution in [1.82, 2.24) is 9.55 Å². The summed E-state index contributed by atoms with van der Waals surface area (Å²) in [5, 5.41) is 0.707. The van der Waals surface area contributed by atoms with Crippen LogP contribution in [-0.4, -0.2) is 29.2 Å². The van der Waals surface area contributed by atoms with Gasteiger partial charge in [-0.05, 0) is 42.8 Å². The van der Waals surface area contributed by atoms with Crippen molar-refractivity contribution in [3.8, 4) is 5.75 Å². The highest BCUT2D eigenvalue weighted by Gasteiger charge is 2.17. The van der Waals surface area contributed by atoms with Gasteiger partial charge in [-0.3, -0.25) is 9.36 Å². The van der Waals surface area contributed by atoms with Crippen LogP contribution in [-0.2, 0) is 11.3 Å². The molecule has 0 N–H and O–H groups in total. The van der Waals surface area contributed by atoms with Gasteiger partial charge < -0.3 is 9.47 Å². The Morgan fingerprint density at radius 2 is 1.96 bits per heavy atom. The van der Waals surface area contributed by atoms with Crippen LogP contribution in [0.2, 0.25) is 0 Å². The lowest BCUT2D eigenvalue weighted by atomic mass is 10.1. The quantitative estimate of drug-likeness (QED) is 0.669. The van der Waals surface area contributed by atoms with Gasteiger partial charge >= 0.3 is 5.97 Å². The molecule has 0 radical (unpaired) electrons. The Morgan fingerprint density at radius 3 is 2.64 bits per heavy atom. The van der Waals surface area contributed by atoms with Crippen LogP contribution < -0.4 is 10.3 Å². The van der Waals surface area contributed by atoms with E-state index in [1.54, 1.807) is 26.3 Å². The zero-order valence-electron chi connectivity index (χ0n) is 14.1. The fraction of sp³-hybridized carbons (Fsp3) is 0.211. The van der Waals surface area contributed by atoms with Crippen LogP contribution in [0.15, 0.2) is 53.5 Å². The molecule has 0 aliphatic carbocycles. The number of fused-ring (bicyclic) bond motifs is 1. The summed E-state index contributed by atoms with van der Waals surface area (Å²) in [7, 11) is 1.60. The second kappa shape index (κ2) is 7.17. The summed E-state index contributed by atoms with van der Waals surface area (Å²) in [6, 6.07) is 12.5. The van der Waals surface area contributed by atoms with Crippen molar-refractivity contribution in [2.75, 3.05) is 13.7 Å². The maximum Gasteiger partial charge on any atom is 0.343 e. The number of benzene rings is 1. The highest BCUT2D eigenvalue weighted by atomic mass is 16.5. The Morgan fingerprint density at radius 1 is 1.20 bits per heavy atom. The lowest BCUT2D eigenvalue weighted by Crippen LogP contribution is -2.28. The van der Waals surface area contributed by atoms with Gasteiger partial charge in [0.15, 0.2) is 0 Å². The average molecular weight is 338 g/mol. The minimum atomic E-state index is -0.623. The van der Waals surface area contributed by atoms with Crippen LogP contribution in [0.5, 0.6) is 5.75 Å². The molecule has 0 atom stereocenters. The van der Waals surface area contributed by atoms with Crippen LogP contribution in [0.25, 0.3) is 11.0 Å². The van der Waals surface area contributed by atoms with Crippen LogP contribution >= 0.6 is 0 Å². The first-order valence-corrected chi connectivity index (χ1v) is 7.92. The number of carbonyl (C=O) groups is 1. The summed E-state index contributed by atoms with van der Waals surface area (Å²) >= 11 is 0. The molecule has 0 fully saturated rings. The van der Waals surface area contributed by atoms with E-state index in [9.17, 15) is 9.59 Å². The molecule has 0 amide bonds. The first kappa shape index (κ1) is 16.7. The van der Waals surface area contributed by atoms with Gasteiger partial charge in [0, 0.05) is 11.6 Å². The normalized spacial score (nSPS) is 10.6. The van der Waals surface area contributed by atoms with Crippen LogP contribution in [0.3, 0.4) is 0 Å². The molecule has 6 nitrogen and oxygen atoms in total. The average Bonchev–Trinajstić information content (AvgIpc) is 2.64. The fourth-order valence-electron chi connectivity index (χ4n) is 2.62. The topological polar surface area (TPSA) is 70.4 Å². The van der Waals surface area contributed by atoms with Crippen molar-refractivity contribution in [3.05, 3.63) is 70.1 Å². The summed E-state index contributed by atoms with van der Waals surface area (Å²) in [6.07, 6.45) is 1.62. The zero-order valence-corrected chi connectivity index (χ0v) is 14.1. The number of esters is 1. The van der Waals surface area contributed by atoms with Gasteiger partial charge in [-0.2, -0.15) is 0 Å². The van der Waals surface area contributed by atoms with Gasteiger partial charge in [-0.1, -0.05) is 12.1 Å². The lowest BCUT2D eigenvalue weighted by molar-refractivity contribution is 0.0524. The molecule has 25 heavy (non-hydrogen) atoms. The molecule has 0 saturated carbocycles. The molecule has 0 bridgehead atoms. The summed E-state index contributed by atoms with van der Waals surface area (Å²) in [6.45, 7) is 2.21. The Bertz CT molecular complexity index is 961. The molecule has 2 heterocycles. The minimum absolute atomic E-state index is 0.0101. The second-order valence-electron chi connectivity index (χ2n) is 5.43. The third kappa shape index (κ3) is 3.38. The molecule has 0 unspecified atom stereocenters. The van der Waals surface area contributed by atoms with Crippen molar-refractivity contribution in [2.24, 2.45) is 0 Å². The Balaban J connectivity index is 2.12. The van der Waals surface area contributed by atoms with E-state index in [0.717, 1.165) is 11.3 Å². The molecule has 6 heteroatoms. The SMILES string of the molecule is CCOC(=O)c1cc2cccnc2n(Cc2ccc(OC)cc2)c1=O. The van der Waals surface area contributed by atoms with Crippen LogP contribution in [0.4, 0.5) is 0 Å². The molecule has 128 valence electrons. The van der Waals surface area contributed by atoms with Gasteiger partial charge in [-0.15, -0.1) is 0 Å². The molecule has 3 rings (SSSR count). The van der Waals surface area contributed by atoms with E-state index in [1.165, 1.54) is 10.6 Å². The van der Waals surface area contributed by atoms with E-state index in [2.05, 4.69) is 4.98 Å². The number of pyridine rings is 2. The van der Waals surface area contributed by atoms with Crippen LogP contribution in [0, 0.1) is 0 Å². The molecule has 0 saturated heterocycles. The summed E-state index contributed by atoms with van der Waals surface area (Å²) < 4.78 is 11.6. The Kier molecular flexibility index (Phi) is 4.79. The highest BCUT2D eigenvalue weighted by Crippen LogP contribution is 2.16. The third-order valence-corrected chi connectivity index (χ3v) is 3.84. The maximum atomic E-state index is 12.8. The smallest absolute Gasteiger partial charge is 0.343 e. The largest absolute Gasteiger partial charge is 0.497 e. The van der Waals surface area contributed by atoms with Crippen LogP contribution in [0.1, 0.15) is 22.8 Å². The number of aromatic nitrogens is 2. The van der Waals surface area contributed by atoms with Crippen molar-refractivity contribution in [1.29, 1.82) is 0 Å². The molecule has 1 aromatic carbocycles. The standard InChI is InChI=1S/C19H18N2O4/c1-3-25-19(23)16-11-14-5-4-10-20-17(14)21(18(16)22)12-13-6-8-15(24-2)9-7-13/h4-11H,3,12H2,1-2H3. The molecule has 0 spiro atoms. The number of nitrogens with zero attached hydrogens (tertiary/aromatic N) is 2. The number of ether oxygens (including phenoxy) is 2. The number of hydrogen-bond donors (Lipinski definition) is 0. The monoisotopic (exact) mass is 338 g/mol. The molecule has 0 aliphatic rings. The van der Waals surface area contributed by atoms with Gasteiger partial charge in [0.05, 0.1) is 20.3 Å². The first-order chi connectivity index (χ1) is 12.1. The molecular weight excluding hydrogens is 320 g/mol. The number of hydrogen-bond acceptors (Lipinski definition) is 5. The third-order valence-electron chi connectivity index (χ3n) is 3.84. The molecule has 2 aromatic heterocycles. The summed E-state index contributed by atoms with van der Waals surface area (Å²) in [5.41, 5.74) is 1.02. The van der Waals surface area contributed by atoms with Gasteiger partial charge in [0.1, 0.15) is 17.0 Å². The van der Waals surface area contributed by atoms with E-state index in [1.807, 2.05) is 30.3 Å². The van der Waals surface area contributed by atoms with E-state index in [-0.39, 0.29) is 12.2 Å². The predicted octanol–water partition coefficient (Wildman–Crippen LogP) is 2.63. The molecule has 0 aliphatic heterocycles. The van der Waals surface area contributed by atoms with E-state index >= 15 is 0 Å². The van der Waals surface area contributed by atoms with E-state index in [4.69, 9.17) is 9.47 Å². The molecular formula is C19H18N2O4. The molecule has 3 aromatic rings. The Hall–Kier alpha value is -3.15. The van der Waals surface area contributed by atoms with Crippen molar-refractivity contribution < 1.29 is 14.3 Å². The lowest BCUT2D eigenvalue weighted by Gasteiger charge is -2.12.